The third-order valence-electron chi connectivity index (χ3n) is 3.82. The summed E-state index contributed by atoms with van der Waals surface area (Å²) in [6.07, 6.45) is 0.851. The van der Waals surface area contributed by atoms with Crippen LogP contribution in [0.5, 0.6) is 0 Å². The Morgan fingerprint density at radius 1 is 1.10 bits per heavy atom. The molecule has 1 aromatic carbocycles. The fourth-order valence-electron chi connectivity index (χ4n) is 2.59. The second-order valence-corrected chi connectivity index (χ2v) is 8.63. The number of ether oxygens (including phenoxy) is 2. The number of methoxy groups -OCH3 is 1. The first kappa shape index (κ1) is 25.4. The number of nitrogens with zero attached hydrogens (tertiary/aromatic N) is 1. The van der Waals surface area contributed by atoms with Gasteiger partial charge in [-0.25, -0.2) is 18.1 Å². The van der Waals surface area contributed by atoms with Crippen molar-refractivity contribution in [2.75, 3.05) is 40.0 Å². The highest BCUT2D eigenvalue weighted by Crippen LogP contribution is 2.13. The van der Waals surface area contributed by atoms with Crippen LogP contribution in [0.15, 0.2) is 29.3 Å². The van der Waals surface area contributed by atoms with Crippen LogP contribution in [0.2, 0.25) is 0 Å². The monoisotopic (exact) mass is 428 g/mol. The molecule has 0 bridgehead atoms. The van der Waals surface area contributed by atoms with Crippen LogP contribution >= 0.6 is 0 Å². The van der Waals surface area contributed by atoms with Gasteiger partial charge in [-0.05, 0) is 38.3 Å². The van der Waals surface area contributed by atoms with Crippen molar-refractivity contribution < 1.29 is 17.9 Å². The van der Waals surface area contributed by atoms with Crippen LogP contribution < -0.4 is 15.4 Å². The van der Waals surface area contributed by atoms with E-state index in [1.165, 1.54) is 0 Å². The third-order valence-corrected chi connectivity index (χ3v) is 5.34. The maximum Gasteiger partial charge on any atom is 0.216 e. The van der Waals surface area contributed by atoms with Crippen LogP contribution in [0.4, 0.5) is 0 Å². The number of nitrogens with one attached hydrogen (secondary N) is 3. The van der Waals surface area contributed by atoms with Crippen LogP contribution in [0.1, 0.15) is 38.3 Å². The molecule has 0 aliphatic heterocycles. The lowest BCUT2D eigenvalue weighted by atomic mass is 10.1. The van der Waals surface area contributed by atoms with E-state index in [-0.39, 0.29) is 11.8 Å². The van der Waals surface area contributed by atoms with E-state index < -0.39 is 10.0 Å². The number of guanidine groups is 1. The van der Waals surface area contributed by atoms with Gasteiger partial charge in [0.1, 0.15) is 0 Å². The molecule has 1 aromatic rings. The highest BCUT2D eigenvalue weighted by atomic mass is 32.2. The van der Waals surface area contributed by atoms with Crippen LogP contribution in [0.3, 0.4) is 0 Å². The zero-order valence-electron chi connectivity index (χ0n) is 18.0. The quantitative estimate of drug-likeness (QED) is 0.237. The summed E-state index contributed by atoms with van der Waals surface area (Å²) >= 11 is 0. The van der Waals surface area contributed by atoms with E-state index >= 15 is 0 Å². The molecule has 0 heterocycles. The molecule has 9 heteroatoms. The summed E-state index contributed by atoms with van der Waals surface area (Å²) in [4.78, 5) is 4.60. The number of hydrogen-bond donors (Lipinski definition) is 3. The smallest absolute Gasteiger partial charge is 0.216 e. The summed E-state index contributed by atoms with van der Waals surface area (Å²) in [5.74, 6) is 0.641. The average Bonchev–Trinajstić information content (AvgIpc) is 2.65. The molecule has 0 atom stereocenters. The zero-order valence-corrected chi connectivity index (χ0v) is 18.8. The Bertz CT molecular complexity index is 708. The molecule has 0 aliphatic rings. The van der Waals surface area contributed by atoms with Gasteiger partial charge in [-0.3, -0.25) is 0 Å². The second-order valence-electron chi connectivity index (χ2n) is 6.88. The molecule has 0 radical (unpaired) electrons. The zero-order chi connectivity index (χ0) is 21.5. The van der Waals surface area contributed by atoms with Crippen molar-refractivity contribution in [2.45, 2.75) is 45.5 Å². The predicted octanol–water partition coefficient (Wildman–Crippen LogP) is 1.62. The van der Waals surface area contributed by atoms with Crippen molar-refractivity contribution in [3.8, 4) is 0 Å². The minimum Gasteiger partial charge on any atom is -0.382 e. The molecule has 0 unspecified atom stereocenters. The fraction of sp³-hybridized carbons (Fsp3) is 0.650. The lowest BCUT2D eigenvalue weighted by Gasteiger charge is -2.14. The minimum atomic E-state index is -3.39. The normalized spacial score (nSPS) is 12.4. The van der Waals surface area contributed by atoms with Gasteiger partial charge in [0.15, 0.2) is 5.96 Å². The van der Waals surface area contributed by atoms with Crippen molar-refractivity contribution in [1.82, 2.24) is 15.4 Å². The van der Waals surface area contributed by atoms with E-state index in [0.717, 1.165) is 30.6 Å². The maximum absolute atomic E-state index is 12.3. The number of sulfonamides is 1. The summed E-state index contributed by atoms with van der Waals surface area (Å²) in [6, 6.07) is 7.36. The van der Waals surface area contributed by atoms with Gasteiger partial charge in [-0.2, -0.15) is 0 Å². The molecule has 166 valence electrons. The van der Waals surface area contributed by atoms with Crippen LogP contribution in [0.25, 0.3) is 0 Å². The molecule has 1 rings (SSSR count). The van der Waals surface area contributed by atoms with E-state index in [4.69, 9.17) is 9.47 Å². The topological polar surface area (TPSA) is 101 Å². The van der Waals surface area contributed by atoms with Gasteiger partial charge in [0.2, 0.25) is 10.0 Å². The third kappa shape index (κ3) is 11.8. The average molecular weight is 429 g/mol. The largest absolute Gasteiger partial charge is 0.382 e. The predicted molar refractivity (Wildman–Crippen MR) is 117 cm³/mol. The Hall–Kier alpha value is -1.68. The fourth-order valence-corrected chi connectivity index (χ4v) is 4.08. The van der Waals surface area contributed by atoms with Crippen LogP contribution in [-0.4, -0.2) is 60.4 Å². The molecule has 0 saturated heterocycles. The summed E-state index contributed by atoms with van der Waals surface area (Å²) in [7, 11) is -1.73. The van der Waals surface area contributed by atoms with E-state index in [1.807, 2.05) is 45.0 Å². The Balaban J connectivity index is 2.65. The van der Waals surface area contributed by atoms with E-state index in [9.17, 15) is 8.42 Å². The second kappa shape index (κ2) is 14.3. The van der Waals surface area contributed by atoms with Gasteiger partial charge in [0, 0.05) is 32.8 Å². The van der Waals surface area contributed by atoms with Gasteiger partial charge in [0.05, 0.1) is 25.5 Å². The lowest BCUT2D eigenvalue weighted by molar-refractivity contribution is 0.0698. The Kier molecular flexibility index (Phi) is 12.5. The maximum atomic E-state index is 12.3. The van der Waals surface area contributed by atoms with Gasteiger partial charge < -0.3 is 20.1 Å². The van der Waals surface area contributed by atoms with Gasteiger partial charge in [-0.1, -0.05) is 24.3 Å². The number of hydrogen-bond acceptors (Lipinski definition) is 5. The number of benzene rings is 1. The highest BCUT2D eigenvalue weighted by molar-refractivity contribution is 7.88. The lowest BCUT2D eigenvalue weighted by Crippen LogP contribution is -2.38. The van der Waals surface area contributed by atoms with E-state index in [1.54, 1.807) is 7.11 Å². The van der Waals surface area contributed by atoms with Gasteiger partial charge in [0.25, 0.3) is 0 Å². The number of rotatable bonds is 14. The molecule has 0 aliphatic carbocycles. The first-order valence-electron chi connectivity index (χ1n) is 10.0. The first-order valence-corrected chi connectivity index (χ1v) is 11.7. The SMILES string of the molecule is CCNC(=NCc1ccccc1CS(=O)(=O)NC(C)C)NCCCOCCOC. The van der Waals surface area contributed by atoms with E-state index in [0.29, 0.717) is 32.3 Å². The van der Waals surface area contributed by atoms with Crippen LogP contribution in [-0.2, 0) is 31.8 Å². The summed E-state index contributed by atoms with van der Waals surface area (Å²) in [5, 5.41) is 6.48. The molecular formula is C20H36N4O4S. The van der Waals surface area contributed by atoms with Crippen molar-refractivity contribution >= 4 is 16.0 Å². The molecular weight excluding hydrogens is 392 g/mol. The van der Waals surface area contributed by atoms with Crippen molar-refractivity contribution in [2.24, 2.45) is 4.99 Å². The molecule has 0 amide bonds. The van der Waals surface area contributed by atoms with E-state index in [2.05, 4.69) is 20.3 Å². The Morgan fingerprint density at radius 3 is 2.48 bits per heavy atom. The van der Waals surface area contributed by atoms with Gasteiger partial charge in [-0.15, -0.1) is 0 Å². The molecule has 29 heavy (non-hydrogen) atoms. The Morgan fingerprint density at radius 2 is 1.83 bits per heavy atom. The minimum absolute atomic E-state index is 0.0559. The van der Waals surface area contributed by atoms with Crippen molar-refractivity contribution in [3.63, 3.8) is 0 Å². The standard InChI is InChI=1S/C20H36N4O4S/c1-5-21-20(22-11-8-12-28-14-13-27-4)23-15-18-9-6-7-10-19(18)16-29(25,26)24-17(2)3/h6-7,9-10,17,24H,5,8,11-16H2,1-4H3,(H2,21,22,23). The summed E-state index contributed by atoms with van der Waals surface area (Å²) in [6.45, 7) is 9.33. The van der Waals surface area contributed by atoms with Crippen LogP contribution in [0, 0.1) is 0 Å². The summed E-state index contributed by atoms with van der Waals surface area (Å²) in [5.41, 5.74) is 1.65. The highest BCUT2D eigenvalue weighted by Gasteiger charge is 2.15. The number of aliphatic imine (C=N–C) groups is 1. The summed E-state index contributed by atoms with van der Waals surface area (Å²) < 4.78 is 37.6. The molecule has 0 fully saturated rings. The molecule has 3 N–H and O–H groups in total. The van der Waals surface area contributed by atoms with Gasteiger partial charge >= 0.3 is 0 Å². The Labute approximate surface area is 175 Å². The molecule has 0 spiro atoms. The molecule has 0 aromatic heterocycles. The molecule has 0 saturated carbocycles. The van der Waals surface area contributed by atoms with Crippen molar-refractivity contribution in [3.05, 3.63) is 35.4 Å². The molecule has 8 nitrogen and oxygen atoms in total. The first-order chi connectivity index (χ1) is 13.9. The van der Waals surface area contributed by atoms with Crippen molar-refractivity contribution in [1.29, 1.82) is 0 Å².